The standard InChI is InChI=1S/C29H22ClF3IN3O3S/c1-4-40-27(39)23-24(17-5-7-19(30)8-6-17)37-26(38)22(41-28(37)35-25(23)29(31,32)33)14-18-13-15(2)36(16(18)3)21-11-9-20(34)10-12-21/h5-14,24H,4H2,1-3H3/b22-14-/t24-/m1/s1. The number of hydrogen-bond donors (Lipinski definition) is 0. The van der Waals surface area contributed by atoms with Crippen LogP contribution in [-0.4, -0.2) is 27.9 Å². The highest BCUT2D eigenvalue weighted by Gasteiger charge is 2.45. The van der Waals surface area contributed by atoms with Gasteiger partial charge in [0.25, 0.3) is 5.56 Å². The summed E-state index contributed by atoms with van der Waals surface area (Å²) in [5.41, 5.74) is 0.999. The Bertz CT molecular complexity index is 1870. The van der Waals surface area contributed by atoms with Gasteiger partial charge < -0.3 is 9.30 Å². The summed E-state index contributed by atoms with van der Waals surface area (Å²) in [5.74, 6) is -1.20. The maximum Gasteiger partial charge on any atom is 0.434 e. The molecule has 4 aromatic rings. The first kappa shape index (κ1) is 29.3. The largest absolute Gasteiger partial charge is 0.463 e. The number of nitrogens with zero attached hydrogens (tertiary/aromatic N) is 3. The molecule has 0 saturated heterocycles. The maximum absolute atomic E-state index is 14.3. The lowest BCUT2D eigenvalue weighted by atomic mass is 9.95. The van der Waals surface area contributed by atoms with E-state index in [1.165, 1.54) is 31.2 Å². The van der Waals surface area contributed by atoms with Crippen LogP contribution in [0.25, 0.3) is 11.8 Å². The smallest absolute Gasteiger partial charge is 0.434 e. The summed E-state index contributed by atoms with van der Waals surface area (Å²) >= 11 is 9.09. The van der Waals surface area contributed by atoms with Crippen molar-refractivity contribution in [3.8, 4) is 5.69 Å². The summed E-state index contributed by atoms with van der Waals surface area (Å²) in [4.78, 5) is 30.5. The number of carbonyl (C=O) groups is 1. The number of fused-ring (bicyclic) bond motifs is 1. The number of aryl methyl sites for hydroxylation is 1. The molecule has 0 bridgehead atoms. The SMILES string of the molecule is CCOC(=O)C1=C(C(F)(F)F)N=c2s/c(=C\c3cc(C)n(-c4ccc(I)cc4)c3C)c(=O)n2[C@@H]1c1ccc(Cl)cc1. The molecule has 0 N–H and O–H groups in total. The van der Waals surface area contributed by atoms with Gasteiger partial charge in [-0.1, -0.05) is 35.1 Å². The molecule has 0 spiro atoms. The van der Waals surface area contributed by atoms with Gasteiger partial charge in [-0.2, -0.15) is 13.2 Å². The summed E-state index contributed by atoms with van der Waals surface area (Å²) in [7, 11) is 0. The van der Waals surface area contributed by atoms with Crippen molar-refractivity contribution in [1.29, 1.82) is 0 Å². The molecule has 0 aliphatic carbocycles. The third-order valence-electron chi connectivity index (χ3n) is 6.62. The molecular formula is C29H22ClF3IN3O3S. The molecule has 12 heteroatoms. The van der Waals surface area contributed by atoms with Crippen molar-refractivity contribution in [1.82, 2.24) is 9.13 Å². The van der Waals surface area contributed by atoms with E-state index in [0.717, 1.165) is 42.1 Å². The molecular weight excluding hydrogens is 690 g/mol. The molecule has 0 amide bonds. The lowest BCUT2D eigenvalue weighted by Crippen LogP contribution is -2.41. The number of halogens is 5. The highest BCUT2D eigenvalue weighted by Crippen LogP contribution is 2.38. The predicted octanol–water partition coefficient (Wildman–Crippen LogP) is 6.01. The predicted molar refractivity (Wildman–Crippen MR) is 160 cm³/mol. The van der Waals surface area contributed by atoms with Gasteiger partial charge in [0, 0.05) is 25.7 Å². The van der Waals surface area contributed by atoms with Gasteiger partial charge in [0.1, 0.15) is 0 Å². The van der Waals surface area contributed by atoms with Crippen LogP contribution in [0, 0.1) is 17.4 Å². The highest BCUT2D eigenvalue weighted by atomic mass is 127. The van der Waals surface area contributed by atoms with Gasteiger partial charge in [-0.3, -0.25) is 9.36 Å². The van der Waals surface area contributed by atoms with Crippen LogP contribution >= 0.6 is 45.5 Å². The molecule has 0 radical (unpaired) electrons. The van der Waals surface area contributed by atoms with Crippen molar-refractivity contribution < 1.29 is 22.7 Å². The molecule has 41 heavy (non-hydrogen) atoms. The normalized spacial score (nSPS) is 15.6. The van der Waals surface area contributed by atoms with Crippen LogP contribution in [0.15, 0.2) is 75.7 Å². The zero-order valence-electron chi connectivity index (χ0n) is 21.9. The van der Waals surface area contributed by atoms with Crippen molar-refractivity contribution in [3.05, 3.63) is 117 Å². The molecule has 212 valence electrons. The van der Waals surface area contributed by atoms with E-state index in [2.05, 4.69) is 27.6 Å². The van der Waals surface area contributed by atoms with E-state index < -0.39 is 35.0 Å². The molecule has 1 aliphatic rings. The summed E-state index contributed by atoms with van der Waals surface area (Å²) in [6.45, 7) is 5.18. The molecule has 0 saturated carbocycles. The zero-order valence-corrected chi connectivity index (χ0v) is 25.7. The summed E-state index contributed by atoms with van der Waals surface area (Å²) in [6, 6.07) is 14.4. The molecule has 2 aromatic heterocycles. The van der Waals surface area contributed by atoms with Crippen LogP contribution in [-0.2, 0) is 9.53 Å². The lowest BCUT2D eigenvalue weighted by molar-refractivity contribution is -0.140. The fourth-order valence-electron chi connectivity index (χ4n) is 4.86. The van der Waals surface area contributed by atoms with E-state index in [0.29, 0.717) is 5.02 Å². The molecule has 3 heterocycles. The van der Waals surface area contributed by atoms with E-state index in [4.69, 9.17) is 16.3 Å². The Morgan fingerprint density at radius 3 is 2.41 bits per heavy atom. The van der Waals surface area contributed by atoms with Crippen LogP contribution in [0.2, 0.25) is 5.02 Å². The van der Waals surface area contributed by atoms with Gasteiger partial charge in [-0.05, 0) is 103 Å². The van der Waals surface area contributed by atoms with Gasteiger partial charge in [0.15, 0.2) is 10.5 Å². The van der Waals surface area contributed by atoms with Gasteiger partial charge >= 0.3 is 12.1 Å². The molecule has 6 nitrogen and oxygen atoms in total. The monoisotopic (exact) mass is 711 g/mol. The van der Waals surface area contributed by atoms with Crippen molar-refractivity contribution in [3.63, 3.8) is 0 Å². The van der Waals surface area contributed by atoms with Crippen molar-refractivity contribution in [2.24, 2.45) is 4.99 Å². The first-order chi connectivity index (χ1) is 19.4. The Hall–Kier alpha value is -3.16. The third kappa shape index (κ3) is 5.54. The molecule has 1 atom stereocenters. The molecule has 0 fully saturated rings. The van der Waals surface area contributed by atoms with Crippen molar-refractivity contribution >= 4 is 57.6 Å². The second-order valence-electron chi connectivity index (χ2n) is 9.25. The Morgan fingerprint density at radius 2 is 1.80 bits per heavy atom. The summed E-state index contributed by atoms with van der Waals surface area (Å²) < 4.78 is 52.4. The maximum atomic E-state index is 14.3. The van der Waals surface area contributed by atoms with Crippen LogP contribution < -0.4 is 14.9 Å². The van der Waals surface area contributed by atoms with E-state index >= 15 is 0 Å². The van der Waals surface area contributed by atoms with Crippen molar-refractivity contribution in [2.75, 3.05) is 6.61 Å². The number of carbonyl (C=O) groups excluding carboxylic acids is 1. The third-order valence-corrected chi connectivity index (χ3v) is 8.58. The lowest BCUT2D eigenvalue weighted by Gasteiger charge is -2.26. The Kier molecular flexibility index (Phi) is 8.05. The number of ether oxygens (including phenoxy) is 1. The van der Waals surface area contributed by atoms with Gasteiger partial charge in [-0.15, -0.1) is 0 Å². The average molecular weight is 712 g/mol. The van der Waals surface area contributed by atoms with E-state index in [1.807, 2.05) is 48.7 Å². The number of rotatable bonds is 5. The fraction of sp³-hybridized carbons (Fsp3) is 0.207. The van der Waals surface area contributed by atoms with Gasteiger partial charge in [-0.25, -0.2) is 9.79 Å². The fourth-order valence-corrected chi connectivity index (χ4v) is 6.34. The first-order valence-electron chi connectivity index (χ1n) is 12.4. The first-order valence-corrected chi connectivity index (χ1v) is 14.7. The number of esters is 1. The summed E-state index contributed by atoms with van der Waals surface area (Å²) in [5, 5.41) is 0.349. The summed E-state index contributed by atoms with van der Waals surface area (Å²) in [6.07, 6.45) is -3.32. The van der Waals surface area contributed by atoms with Crippen LogP contribution in [0.4, 0.5) is 13.2 Å². The quantitative estimate of drug-likeness (QED) is 0.188. The Balaban J connectivity index is 1.75. The number of thiazole rings is 1. The van der Waals surface area contributed by atoms with E-state index in [1.54, 1.807) is 6.08 Å². The second-order valence-corrected chi connectivity index (χ2v) is 11.9. The molecule has 5 rings (SSSR count). The topological polar surface area (TPSA) is 65.6 Å². The van der Waals surface area contributed by atoms with Gasteiger partial charge in [0.2, 0.25) is 0 Å². The minimum absolute atomic E-state index is 0.151. The number of aromatic nitrogens is 2. The molecule has 0 unspecified atom stereocenters. The zero-order chi connectivity index (χ0) is 29.6. The van der Waals surface area contributed by atoms with Crippen LogP contribution in [0.5, 0.6) is 0 Å². The number of alkyl halides is 3. The highest BCUT2D eigenvalue weighted by molar-refractivity contribution is 14.1. The van der Waals surface area contributed by atoms with Crippen LogP contribution in [0.1, 0.15) is 35.5 Å². The van der Waals surface area contributed by atoms with Crippen LogP contribution in [0.3, 0.4) is 0 Å². The molecule has 1 aliphatic heterocycles. The van der Waals surface area contributed by atoms with E-state index in [-0.39, 0.29) is 21.5 Å². The number of allylic oxidation sites excluding steroid dienone is 1. The van der Waals surface area contributed by atoms with E-state index in [9.17, 15) is 22.8 Å². The molecule has 2 aromatic carbocycles. The van der Waals surface area contributed by atoms with Gasteiger partial charge in [0.05, 0.1) is 22.8 Å². The minimum atomic E-state index is -4.97. The van der Waals surface area contributed by atoms with Crippen molar-refractivity contribution in [2.45, 2.75) is 33.0 Å². The number of hydrogen-bond acceptors (Lipinski definition) is 5. The minimum Gasteiger partial charge on any atom is -0.463 e. The average Bonchev–Trinajstić information content (AvgIpc) is 3.38. The Morgan fingerprint density at radius 1 is 1.15 bits per heavy atom. The number of benzene rings is 2. The second kappa shape index (κ2) is 11.3. The Labute approximate surface area is 255 Å².